The number of carbonyl (C=O) groups excluding carboxylic acids is 2. The van der Waals surface area contributed by atoms with Crippen LogP contribution in [0.15, 0.2) is 78.9 Å². The van der Waals surface area contributed by atoms with Crippen molar-refractivity contribution in [3.05, 3.63) is 84.7 Å². The third-order valence-corrected chi connectivity index (χ3v) is 4.42. The second-order valence-corrected chi connectivity index (χ2v) is 6.89. The number of benzene rings is 3. The van der Waals surface area contributed by atoms with Crippen LogP contribution in [0.2, 0.25) is 0 Å². The second kappa shape index (κ2) is 10.1. The molecule has 0 unspecified atom stereocenters. The summed E-state index contributed by atoms with van der Waals surface area (Å²) in [4.78, 5) is 25.7. The van der Waals surface area contributed by atoms with Crippen molar-refractivity contribution in [3.63, 3.8) is 0 Å². The van der Waals surface area contributed by atoms with Crippen molar-refractivity contribution in [2.75, 3.05) is 17.2 Å². The van der Waals surface area contributed by atoms with E-state index in [4.69, 9.17) is 4.74 Å². The summed E-state index contributed by atoms with van der Waals surface area (Å²) < 4.78 is 18.3. The van der Waals surface area contributed by atoms with E-state index in [9.17, 15) is 14.0 Å². The first-order valence-electron chi connectivity index (χ1n) is 9.97. The molecule has 0 spiro atoms. The fourth-order valence-corrected chi connectivity index (χ4v) is 2.92. The number of tetrazole rings is 1. The molecule has 166 valence electrons. The molecule has 1 heterocycles. The lowest BCUT2D eigenvalue weighted by Crippen LogP contribution is -2.21. The van der Waals surface area contributed by atoms with Gasteiger partial charge in [0.15, 0.2) is 6.61 Å². The predicted molar refractivity (Wildman–Crippen MR) is 119 cm³/mol. The number of aromatic nitrogens is 4. The molecule has 3 aromatic carbocycles. The zero-order valence-corrected chi connectivity index (χ0v) is 17.3. The lowest BCUT2D eigenvalue weighted by Gasteiger charge is -2.10. The Kier molecular flexibility index (Phi) is 6.64. The van der Waals surface area contributed by atoms with Crippen LogP contribution < -0.4 is 15.4 Å². The second-order valence-electron chi connectivity index (χ2n) is 6.89. The van der Waals surface area contributed by atoms with Crippen molar-refractivity contribution >= 4 is 23.2 Å². The quantitative estimate of drug-likeness (QED) is 0.430. The Morgan fingerprint density at radius 2 is 1.61 bits per heavy atom. The summed E-state index contributed by atoms with van der Waals surface area (Å²) >= 11 is 0. The summed E-state index contributed by atoms with van der Waals surface area (Å²) in [5.41, 5.74) is 1.65. The van der Waals surface area contributed by atoms with Gasteiger partial charge in [0.05, 0.1) is 5.69 Å². The number of amides is 2. The average Bonchev–Trinajstić information content (AvgIpc) is 3.28. The molecule has 4 aromatic rings. The van der Waals surface area contributed by atoms with E-state index >= 15 is 0 Å². The molecule has 0 radical (unpaired) electrons. The molecule has 0 saturated carbocycles. The zero-order chi connectivity index (χ0) is 23.0. The van der Waals surface area contributed by atoms with Crippen LogP contribution in [0.3, 0.4) is 0 Å². The van der Waals surface area contributed by atoms with Crippen molar-refractivity contribution in [2.24, 2.45) is 0 Å². The van der Waals surface area contributed by atoms with E-state index < -0.39 is 5.91 Å². The van der Waals surface area contributed by atoms with Crippen molar-refractivity contribution in [2.45, 2.75) is 6.54 Å². The Morgan fingerprint density at radius 3 is 2.39 bits per heavy atom. The van der Waals surface area contributed by atoms with Crippen molar-refractivity contribution < 1.29 is 18.7 Å². The molecular weight excluding hydrogens is 427 g/mol. The first-order chi connectivity index (χ1) is 16.1. The van der Waals surface area contributed by atoms with E-state index in [2.05, 4.69) is 26.0 Å². The van der Waals surface area contributed by atoms with Gasteiger partial charge in [0, 0.05) is 11.3 Å². The molecule has 33 heavy (non-hydrogen) atoms. The van der Waals surface area contributed by atoms with E-state index in [1.54, 1.807) is 36.4 Å². The summed E-state index contributed by atoms with van der Waals surface area (Å²) in [6.45, 7) is -0.387. The Hall–Kier alpha value is -4.60. The van der Waals surface area contributed by atoms with Gasteiger partial charge in [-0.1, -0.05) is 30.3 Å². The molecule has 2 N–H and O–H groups in total. The fraction of sp³-hybridized carbons (Fsp3) is 0.0870. The van der Waals surface area contributed by atoms with Crippen LogP contribution in [-0.4, -0.2) is 38.6 Å². The Morgan fingerprint density at radius 1 is 0.879 bits per heavy atom. The highest BCUT2D eigenvalue weighted by molar-refractivity contribution is 5.95. The van der Waals surface area contributed by atoms with E-state index in [1.807, 2.05) is 18.2 Å². The summed E-state index contributed by atoms with van der Waals surface area (Å²) in [7, 11) is 0. The average molecular weight is 446 g/mol. The SMILES string of the molecule is O=C(Cn1nnc(-c2ccccc2NC(=O)COc2ccc(F)cc2)n1)Nc1ccccc1. The van der Waals surface area contributed by atoms with E-state index in [0.717, 1.165) is 0 Å². The number of para-hydroxylation sites is 2. The minimum Gasteiger partial charge on any atom is -0.484 e. The van der Waals surface area contributed by atoms with Gasteiger partial charge in [0.25, 0.3) is 5.91 Å². The topological polar surface area (TPSA) is 111 Å². The van der Waals surface area contributed by atoms with Gasteiger partial charge < -0.3 is 15.4 Å². The van der Waals surface area contributed by atoms with E-state index in [-0.39, 0.29) is 30.7 Å². The molecule has 0 aliphatic rings. The van der Waals surface area contributed by atoms with E-state index in [1.165, 1.54) is 29.1 Å². The first kappa shape index (κ1) is 21.6. The molecule has 0 bridgehead atoms. The largest absolute Gasteiger partial charge is 0.484 e. The van der Waals surface area contributed by atoms with Gasteiger partial charge in [-0.2, -0.15) is 4.80 Å². The molecule has 2 amide bonds. The highest BCUT2D eigenvalue weighted by Gasteiger charge is 2.14. The summed E-state index contributed by atoms with van der Waals surface area (Å²) in [6.07, 6.45) is 0. The van der Waals surface area contributed by atoms with Gasteiger partial charge in [-0.3, -0.25) is 9.59 Å². The smallest absolute Gasteiger partial charge is 0.262 e. The number of halogens is 1. The number of carbonyl (C=O) groups is 2. The third kappa shape index (κ3) is 5.97. The lowest BCUT2D eigenvalue weighted by atomic mass is 10.1. The van der Waals surface area contributed by atoms with Crippen LogP contribution in [0.1, 0.15) is 0 Å². The lowest BCUT2D eigenvalue weighted by molar-refractivity contribution is -0.118. The number of ether oxygens (including phenoxy) is 1. The van der Waals surface area contributed by atoms with Crippen LogP contribution >= 0.6 is 0 Å². The number of nitrogens with zero attached hydrogens (tertiary/aromatic N) is 4. The van der Waals surface area contributed by atoms with Gasteiger partial charge in [-0.25, -0.2) is 4.39 Å². The maximum Gasteiger partial charge on any atom is 0.262 e. The molecular formula is C23H19FN6O3. The van der Waals surface area contributed by atoms with Crippen LogP contribution in [-0.2, 0) is 16.1 Å². The molecule has 10 heteroatoms. The van der Waals surface area contributed by atoms with Crippen LogP contribution in [0.5, 0.6) is 5.75 Å². The normalized spacial score (nSPS) is 10.5. The highest BCUT2D eigenvalue weighted by atomic mass is 19.1. The van der Waals surface area contributed by atoms with Gasteiger partial charge in [-0.05, 0) is 53.7 Å². The minimum atomic E-state index is -0.415. The molecule has 0 fully saturated rings. The van der Waals surface area contributed by atoms with Crippen LogP contribution in [0.25, 0.3) is 11.4 Å². The van der Waals surface area contributed by atoms with E-state index in [0.29, 0.717) is 22.7 Å². The molecule has 0 aliphatic heterocycles. The fourth-order valence-electron chi connectivity index (χ4n) is 2.92. The third-order valence-electron chi connectivity index (χ3n) is 4.42. The number of rotatable bonds is 8. The van der Waals surface area contributed by atoms with Crippen molar-refractivity contribution in [1.82, 2.24) is 20.2 Å². The maximum atomic E-state index is 13.0. The van der Waals surface area contributed by atoms with Crippen LogP contribution in [0, 0.1) is 5.82 Å². The minimum absolute atomic E-state index is 0.123. The van der Waals surface area contributed by atoms with Gasteiger partial charge in [0.1, 0.15) is 18.1 Å². The molecule has 0 atom stereocenters. The number of hydrogen-bond donors (Lipinski definition) is 2. The van der Waals surface area contributed by atoms with Gasteiger partial charge in [-0.15, -0.1) is 10.2 Å². The monoisotopic (exact) mass is 446 g/mol. The Balaban J connectivity index is 1.38. The summed E-state index contributed by atoms with van der Waals surface area (Å²) in [5, 5.41) is 17.7. The highest BCUT2D eigenvalue weighted by Crippen LogP contribution is 2.24. The standard InChI is InChI=1S/C23H19FN6O3/c24-16-10-12-18(13-11-16)33-15-22(32)26-20-9-5-4-8-19(20)23-27-29-30(28-23)14-21(31)25-17-6-2-1-3-7-17/h1-13H,14-15H2,(H,25,31)(H,26,32). The molecule has 1 aromatic heterocycles. The summed E-state index contributed by atoms with van der Waals surface area (Å²) in [6, 6.07) is 21.3. The van der Waals surface area contributed by atoms with Crippen LogP contribution in [0.4, 0.5) is 15.8 Å². The Bertz CT molecular complexity index is 1240. The zero-order valence-electron chi connectivity index (χ0n) is 17.3. The molecule has 4 rings (SSSR count). The predicted octanol–water partition coefficient (Wildman–Crippen LogP) is 3.14. The van der Waals surface area contributed by atoms with Crippen molar-refractivity contribution in [3.8, 4) is 17.1 Å². The van der Waals surface area contributed by atoms with Gasteiger partial charge in [0.2, 0.25) is 11.7 Å². The molecule has 9 nitrogen and oxygen atoms in total. The molecule has 0 saturated heterocycles. The molecule has 0 aliphatic carbocycles. The first-order valence-corrected chi connectivity index (χ1v) is 9.97. The number of hydrogen-bond acceptors (Lipinski definition) is 6. The number of nitrogens with one attached hydrogen (secondary N) is 2. The Labute approximate surface area is 188 Å². The maximum absolute atomic E-state index is 13.0. The number of anilines is 2. The van der Waals surface area contributed by atoms with Gasteiger partial charge >= 0.3 is 0 Å². The summed E-state index contributed by atoms with van der Waals surface area (Å²) in [5.74, 6) is -0.485. The van der Waals surface area contributed by atoms with Crippen molar-refractivity contribution in [1.29, 1.82) is 0 Å².